The topological polar surface area (TPSA) is 142 Å². The number of halogens is 1. The summed E-state index contributed by atoms with van der Waals surface area (Å²) in [6.45, 7) is 1.51. The van der Waals surface area contributed by atoms with Crippen LogP contribution in [0, 0.1) is 29.1 Å². The standard InChI is InChI=1S/C31H29BrN2O8/c1-31-21(28(39)34(30(31)41)16-6-4-3-5-7-16)14-19-17(25(31)20-12-15(32)13-22(42-2)26(20)37)8-9-18-24(19)29(40)33(27(18)38)11-10-23(35)36/h3-8,12-13,18-19,21,24-25,37H,9-11,14H2,1-2H3,(H,35,36). The number of carbonyl (C=O) groups is 5. The highest BCUT2D eigenvalue weighted by Crippen LogP contribution is 2.65. The number of rotatable bonds is 6. The summed E-state index contributed by atoms with van der Waals surface area (Å²) in [7, 11) is 1.42. The first-order valence-electron chi connectivity index (χ1n) is 13.8. The molecule has 2 aromatic carbocycles. The van der Waals surface area contributed by atoms with Gasteiger partial charge in [-0.2, -0.15) is 0 Å². The number of benzene rings is 2. The van der Waals surface area contributed by atoms with Gasteiger partial charge in [0, 0.05) is 22.5 Å². The van der Waals surface area contributed by atoms with E-state index in [0.717, 1.165) is 4.90 Å². The van der Waals surface area contributed by atoms with Crippen LogP contribution in [0.1, 0.15) is 37.7 Å². The van der Waals surface area contributed by atoms with E-state index in [2.05, 4.69) is 15.9 Å². The summed E-state index contributed by atoms with van der Waals surface area (Å²) >= 11 is 3.48. The number of carbonyl (C=O) groups excluding carboxylic acids is 4. The van der Waals surface area contributed by atoms with Gasteiger partial charge in [-0.25, -0.2) is 4.90 Å². The molecule has 0 bridgehead atoms. The molecule has 3 fully saturated rings. The fraction of sp³-hybridized carbons (Fsp3) is 0.387. The Balaban J connectivity index is 1.52. The Labute approximate surface area is 250 Å². The van der Waals surface area contributed by atoms with Gasteiger partial charge in [0.2, 0.25) is 23.6 Å². The van der Waals surface area contributed by atoms with E-state index in [1.54, 1.807) is 49.4 Å². The number of para-hydroxylation sites is 1. The highest BCUT2D eigenvalue weighted by Gasteiger charge is 2.68. The molecule has 218 valence electrons. The molecule has 2 aliphatic heterocycles. The monoisotopic (exact) mass is 636 g/mol. The maximum Gasteiger partial charge on any atom is 0.305 e. The van der Waals surface area contributed by atoms with Crippen molar-refractivity contribution in [1.29, 1.82) is 0 Å². The number of hydrogen-bond acceptors (Lipinski definition) is 7. The number of likely N-dealkylation sites (tertiary alicyclic amines) is 1. The van der Waals surface area contributed by atoms with Gasteiger partial charge in [-0.15, -0.1) is 0 Å². The van der Waals surface area contributed by atoms with Gasteiger partial charge in [0.15, 0.2) is 11.5 Å². The van der Waals surface area contributed by atoms with Crippen molar-refractivity contribution in [2.75, 3.05) is 18.6 Å². The van der Waals surface area contributed by atoms with Crippen LogP contribution in [0.2, 0.25) is 0 Å². The Bertz CT molecular complexity index is 1570. The number of nitrogens with zero attached hydrogens (tertiary/aromatic N) is 2. The molecule has 10 nitrogen and oxygen atoms in total. The number of aromatic hydroxyl groups is 1. The fourth-order valence-corrected chi connectivity index (χ4v) is 8.10. The third-order valence-electron chi connectivity index (χ3n) is 9.53. The summed E-state index contributed by atoms with van der Waals surface area (Å²) in [6.07, 6.45) is 1.89. The average molecular weight is 637 g/mol. The molecule has 2 aliphatic carbocycles. The molecule has 1 saturated carbocycles. The zero-order valence-electron chi connectivity index (χ0n) is 23.0. The first-order chi connectivity index (χ1) is 20.0. The third-order valence-corrected chi connectivity index (χ3v) is 9.99. The van der Waals surface area contributed by atoms with Gasteiger partial charge >= 0.3 is 5.97 Å². The smallest absolute Gasteiger partial charge is 0.305 e. The van der Waals surface area contributed by atoms with Gasteiger partial charge in [-0.3, -0.25) is 28.9 Å². The lowest BCUT2D eigenvalue weighted by Crippen LogP contribution is -2.49. The second kappa shape index (κ2) is 10.1. The Morgan fingerprint density at radius 3 is 2.45 bits per heavy atom. The molecule has 4 amide bonds. The number of anilines is 1. The first-order valence-corrected chi connectivity index (χ1v) is 14.6. The Morgan fingerprint density at radius 1 is 1.07 bits per heavy atom. The van der Waals surface area contributed by atoms with Crippen molar-refractivity contribution in [3.05, 3.63) is 64.1 Å². The zero-order valence-corrected chi connectivity index (χ0v) is 24.5. The minimum atomic E-state index is -1.32. The second-order valence-electron chi connectivity index (χ2n) is 11.5. The summed E-state index contributed by atoms with van der Waals surface area (Å²) in [5, 5.41) is 20.6. The SMILES string of the molecule is COc1cc(Br)cc(C2C3=CCC4C(=O)N(CCC(=O)O)C(=O)C4C3CC3C(=O)N(c4ccccc4)C(=O)C32C)c1O. The lowest BCUT2D eigenvalue weighted by atomic mass is 9.51. The number of methoxy groups -OCH3 is 1. The van der Waals surface area contributed by atoms with E-state index in [1.807, 2.05) is 6.08 Å². The lowest BCUT2D eigenvalue weighted by Gasteiger charge is -2.49. The van der Waals surface area contributed by atoms with E-state index >= 15 is 0 Å². The van der Waals surface area contributed by atoms with E-state index in [9.17, 15) is 34.2 Å². The summed E-state index contributed by atoms with van der Waals surface area (Å²) < 4.78 is 6.01. The van der Waals surface area contributed by atoms with Crippen molar-refractivity contribution in [2.24, 2.45) is 29.1 Å². The normalized spacial score (nSPS) is 30.2. The molecule has 6 unspecified atom stereocenters. The number of phenolic OH excluding ortho intramolecular Hbond substituents is 1. The van der Waals surface area contributed by atoms with Crippen molar-refractivity contribution < 1.29 is 38.9 Å². The molecule has 2 heterocycles. The molecule has 4 aliphatic rings. The van der Waals surface area contributed by atoms with Crippen LogP contribution in [0.4, 0.5) is 5.69 Å². The van der Waals surface area contributed by atoms with Crippen molar-refractivity contribution in [2.45, 2.75) is 32.1 Å². The molecule has 0 spiro atoms. The van der Waals surface area contributed by atoms with Gasteiger partial charge in [0.05, 0.1) is 42.4 Å². The number of carboxylic acids is 1. The van der Waals surface area contributed by atoms with Crippen LogP contribution < -0.4 is 9.64 Å². The predicted octanol–water partition coefficient (Wildman–Crippen LogP) is 3.87. The van der Waals surface area contributed by atoms with Crippen LogP contribution in [-0.2, 0) is 24.0 Å². The van der Waals surface area contributed by atoms with E-state index in [0.29, 0.717) is 21.3 Å². The van der Waals surface area contributed by atoms with Crippen LogP contribution in [0.15, 0.2) is 58.6 Å². The summed E-state index contributed by atoms with van der Waals surface area (Å²) in [6, 6.07) is 11.9. The first kappa shape index (κ1) is 28.1. The van der Waals surface area contributed by atoms with Crippen molar-refractivity contribution in [3.8, 4) is 11.5 Å². The predicted molar refractivity (Wildman–Crippen MR) is 152 cm³/mol. The van der Waals surface area contributed by atoms with E-state index in [4.69, 9.17) is 4.74 Å². The molecule has 6 rings (SSSR count). The summed E-state index contributed by atoms with van der Waals surface area (Å²) in [5.41, 5.74) is 0.196. The van der Waals surface area contributed by atoms with Crippen LogP contribution in [0.25, 0.3) is 0 Å². The number of hydrogen-bond donors (Lipinski definition) is 2. The zero-order chi connectivity index (χ0) is 30.1. The van der Waals surface area contributed by atoms with Gasteiger partial charge in [0.1, 0.15) is 0 Å². The van der Waals surface area contributed by atoms with Gasteiger partial charge in [-0.05, 0) is 49.9 Å². The largest absolute Gasteiger partial charge is 0.504 e. The minimum absolute atomic E-state index is 0.158. The van der Waals surface area contributed by atoms with Crippen molar-refractivity contribution in [1.82, 2.24) is 4.90 Å². The van der Waals surface area contributed by atoms with E-state index in [-0.39, 0.29) is 37.3 Å². The molecule has 2 aromatic rings. The quantitative estimate of drug-likeness (QED) is 0.360. The highest BCUT2D eigenvalue weighted by molar-refractivity contribution is 9.10. The lowest BCUT2D eigenvalue weighted by molar-refractivity contribution is -0.142. The van der Waals surface area contributed by atoms with Crippen LogP contribution in [-0.4, -0.2) is 58.4 Å². The molecule has 0 radical (unpaired) electrons. The minimum Gasteiger partial charge on any atom is -0.504 e. The molecule has 2 N–H and O–H groups in total. The Morgan fingerprint density at radius 2 is 1.79 bits per heavy atom. The Kier molecular flexibility index (Phi) is 6.75. The molecule has 42 heavy (non-hydrogen) atoms. The van der Waals surface area contributed by atoms with Crippen LogP contribution >= 0.6 is 15.9 Å². The van der Waals surface area contributed by atoms with Gasteiger partial charge in [0.25, 0.3) is 0 Å². The average Bonchev–Trinajstić information content (AvgIpc) is 3.32. The fourth-order valence-electron chi connectivity index (χ4n) is 7.65. The Hall–Kier alpha value is -3.99. The molecular formula is C31H29BrN2O8. The van der Waals surface area contributed by atoms with Gasteiger partial charge in [-0.1, -0.05) is 45.8 Å². The molecule has 11 heteroatoms. The van der Waals surface area contributed by atoms with Gasteiger partial charge < -0.3 is 14.9 Å². The summed E-state index contributed by atoms with van der Waals surface area (Å²) in [5.74, 6) is -6.53. The number of carboxylic acid groups (broad SMARTS) is 1. The van der Waals surface area contributed by atoms with E-state index < -0.39 is 64.6 Å². The molecule has 0 aromatic heterocycles. The third kappa shape index (κ3) is 3.93. The van der Waals surface area contributed by atoms with Crippen LogP contribution in [0.3, 0.4) is 0 Å². The maximum absolute atomic E-state index is 14.4. The van der Waals surface area contributed by atoms with Crippen LogP contribution in [0.5, 0.6) is 11.5 Å². The second-order valence-corrected chi connectivity index (χ2v) is 12.4. The molecule has 6 atom stereocenters. The number of amides is 4. The van der Waals surface area contributed by atoms with E-state index in [1.165, 1.54) is 12.0 Å². The summed E-state index contributed by atoms with van der Waals surface area (Å²) in [4.78, 5) is 69.0. The van der Waals surface area contributed by atoms with Crippen molar-refractivity contribution in [3.63, 3.8) is 0 Å². The van der Waals surface area contributed by atoms with Crippen molar-refractivity contribution >= 4 is 51.2 Å². The molecule has 2 saturated heterocycles. The number of imide groups is 2. The molecular weight excluding hydrogens is 608 g/mol. The number of ether oxygens (including phenoxy) is 1. The number of allylic oxidation sites excluding steroid dienone is 2. The number of aliphatic carboxylic acids is 1. The number of fused-ring (bicyclic) bond motifs is 4. The number of phenols is 1. The maximum atomic E-state index is 14.4. The highest BCUT2D eigenvalue weighted by atomic mass is 79.9.